The molecule has 2 rings (SSSR count). The van der Waals surface area contributed by atoms with E-state index in [9.17, 15) is 4.79 Å². The molecule has 1 unspecified atom stereocenters. The third-order valence-electron chi connectivity index (χ3n) is 3.20. The van der Waals surface area contributed by atoms with Gasteiger partial charge < -0.3 is 19.3 Å². The number of benzene rings is 1. The molecule has 5 heteroatoms. The largest absolute Gasteiger partial charge is 0.490 e. The Morgan fingerprint density at radius 1 is 1.48 bits per heavy atom. The normalized spacial score (nSPS) is 18.0. The maximum absolute atomic E-state index is 10.7. The molecule has 0 saturated carbocycles. The number of aliphatic carboxylic acids is 1. The standard InChI is InChI=1S/C16H20O5/c1-2-20-14-5-3-4-13(6-7-15(17)18)16(14)21-11-12-8-9-19-10-12/h3-7,12H,2,8-11H2,1H3,(H,17,18). The van der Waals surface area contributed by atoms with E-state index < -0.39 is 5.97 Å². The summed E-state index contributed by atoms with van der Waals surface area (Å²) in [6.45, 7) is 4.44. The lowest BCUT2D eigenvalue weighted by Gasteiger charge is -2.16. The van der Waals surface area contributed by atoms with Crippen molar-refractivity contribution >= 4 is 12.0 Å². The summed E-state index contributed by atoms with van der Waals surface area (Å²) in [4.78, 5) is 10.7. The fourth-order valence-electron chi connectivity index (χ4n) is 2.16. The van der Waals surface area contributed by atoms with Crippen molar-refractivity contribution in [3.63, 3.8) is 0 Å². The fraction of sp³-hybridized carbons (Fsp3) is 0.438. The summed E-state index contributed by atoms with van der Waals surface area (Å²) in [5.74, 6) is 0.593. The van der Waals surface area contributed by atoms with E-state index in [2.05, 4.69) is 0 Å². The van der Waals surface area contributed by atoms with Gasteiger partial charge >= 0.3 is 5.97 Å². The van der Waals surface area contributed by atoms with E-state index in [0.717, 1.165) is 19.1 Å². The van der Waals surface area contributed by atoms with Crippen molar-refractivity contribution in [3.05, 3.63) is 29.8 Å². The van der Waals surface area contributed by atoms with Crippen molar-refractivity contribution in [1.82, 2.24) is 0 Å². The van der Waals surface area contributed by atoms with Crippen LogP contribution in [0.3, 0.4) is 0 Å². The van der Waals surface area contributed by atoms with Gasteiger partial charge in [0, 0.05) is 24.2 Å². The van der Waals surface area contributed by atoms with E-state index in [0.29, 0.717) is 42.8 Å². The van der Waals surface area contributed by atoms with Crippen molar-refractivity contribution in [3.8, 4) is 11.5 Å². The second kappa shape index (κ2) is 7.69. The van der Waals surface area contributed by atoms with E-state index in [1.165, 1.54) is 6.08 Å². The number of para-hydroxylation sites is 1. The first-order chi connectivity index (χ1) is 10.2. The molecular weight excluding hydrogens is 272 g/mol. The molecule has 0 radical (unpaired) electrons. The van der Waals surface area contributed by atoms with Crippen LogP contribution in [0.2, 0.25) is 0 Å². The van der Waals surface area contributed by atoms with Gasteiger partial charge in [-0.25, -0.2) is 4.79 Å². The molecule has 114 valence electrons. The second-order valence-corrected chi connectivity index (χ2v) is 4.82. The number of carboxylic acid groups (broad SMARTS) is 1. The molecule has 1 aliphatic heterocycles. The third-order valence-corrected chi connectivity index (χ3v) is 3.20. The van der Waals surface area contributed by atoms with Crippen molar-refractivity contribution in [2.24, 2.45) is 5.92 Å². The predicted octanol–water partition coefficient (Wildman–Crippen LogP) is 2.60. The van der Waals surface area contributed by atoms with Crippen molar-refractivity contribution in [1.29, 1.82) is 0 Å². The van der Waals surface area contributed by atoms with Crippen LogP contribution in [0.25, 0.3) is 6.08 Å². The van der Waals surface area contributed by atoms with E-state index in [-0.39, 0.29) is 0 Å². The molecule has 1 saturated heterocycles. The van der Waals surface area contributed by atoms with Crippen LogP contribution in [-0.4, -0.2) is 37.5 Å². The monoisotopic (exact) mass is 292 g/mol. The van der Waals surface area contributed by atoms with Gasteiger partial charge in [0.25, 0.3) is 0 Å². The molecule has 1 aromatic rings. The van der Waals surface area contributed by atoms with Crippen LogP contribution in [0.5, 0.6) is 11.5 Å². The number of carbonyl (C=O) groups is 1. The lowest BCUT2D eigenvalue weighted by Crippen LogP contribution is -2.13. The molecule has 5 nitrogen and oxygen atoms in total. The highest BCUT2D eigenvalue weighted by Crippen LogP contribution is 2.33. The lowest BCUT2D eigenvalue weighted by molar-refractivity contribution is -0.131. The topological polar surface area (TPSA) is 65.0 Å². The maximum Gasteiger partial charge on any atom is 0.328 e. The summed E-state index contributed by atoms with van der Waals surface area (Å²) in [6.07, 6.45) is 3.60. The number of hydrogen-bond acceptors (Lipinski definition) is 4. The molecule has 1 fully saturated rings. The first-order valence-electron chi connectivity index (χ1n) is 7.08. The quantitative estimate of drug-likeness (QED) is 0.783. The average molecular weight is 292 g/mol. The van der Waals surface area contributed by atoms with Gasteiger partial charge in [0.2, 0.25) is 0 Å². The Morgan fingerprint density at radius 3 is 3.00 bits per heavy atom. The first kappa shape index (κ1) is 15.4. The molecule has 0 spiro atoms. The number of ether oxygens (including phenoxy) is 3. The number of rotatable bonds is 7. The van der Waals surface area contributed by atoms with Crippen LogP contribution in [0.1, 0.15) is 18.9 Å². The number of hydrogen-bond donors (Lipinski definition) is 1. The zero-order valence-electron chi connectivity index (χ0n) is 12.1. The molecule has 0 bridgehead atoms. The van der Waals surface area contributed by atoms with Gasteiger partial charge in [0.05, 0.1) is 19.8 Å². The van der Waals surface area contributed by atoms with Gasteiger partial charge in [0.15, 0.2) is 11.5 Å². The SMILES string of the molecule is CCOc1cccc(C=CC(=O)O)c1OCC1CCOC1. The van der Waals surface area contributed by atoms with Crippen LogP contribution < -0.4 is 9.47 Å². The average Bonchev–Trinajstić information content (AvgIpc) is 2.97. The zero-order chi connectivity index (χ0) is 15.1. The van der Waals surface area contributed by atoms with Crippen LogP contribution in [0, 0.1) is 5.92 Å². The summed E-state index contributed by atoms with van der Waals surface area (Å²) in [5.41, 5.74) is 0.697. The van der Waals surface area contributed by atoms with Gasteiger partial charge in [0.1, 0.15) is 0 Å². The summed E-state index contributed by atoms with van der Waals surface area (Å²) < 4.78 is 16.8. The van der Waals surface area contributed by atoms with Crippen molar-refractivity contribution < 1.29 is 24.1 Å². The van der Waals surface area contributed by atoms with Gasteiger partial charge in [-0.1, -0.05) is 12.1 Å². The van der Waals surface area contributed by atoms with E-state index in [1.807, 2.05) is 25.1 Å². The van der Waals surface area contributed by atoms with Crippen LogP contribution in [0.15, 0.2) is 24.3 Å². The van der Waals surface area contributed by atoms with Gasteiger partial charge in [-0.3, -0.25) is 0 Å². The summed E-state index contributed by atoms with van der Waals surface area (Å²) in [6, 6.07) is 5.45. The first-order valence-corrected chi connectivity index (χ1v) is 7.08. The highest BCUT2D eigenvalue weighted by molar-refractivity contribution is 5.86. The highest BCUT2D eigenvalue weighted by Gasteiger charge is 2.18. The third kappa shape index (κ3) is 4.49. The van der Waals surface area contributed by atoms with E-state index in [1.54, 1.807) is 0 Å². The molecule has 0 aromatic heterocycles. The Labute approximate surface area is 124 Å². The zero-order valence-corrected chi connectivity index (χ0v) is 12.1. The van der Waals surface area contributed by atoms with Crippen LogP contribution >= 0.6 is 0 Å². The maximum atomic E-state index is 10.7. The smallest absolute Gasteiger partial charge is 0.328 e. The second-order valence-electron chi connectivity index (χ2n) is 4.82. The summed E-state index contributed by atoms with van der Waals surface area (Å²) >= 11 is 0. The molecule has 21 heavy (non-hydrogen) atoms. The molecular formula is C16H20O5. The molecule has 1 aromatic carbocycles. The van der Waals surface area contributed by atoms with Crippen LogP contribution in [0.4, 0.5) is 0 Å². The van der Waals surface area contributed by atoms with Crippen molar-refractivity contribution in [2.75, 3.05) is 26.4 Å². The molecule has 1 N–H and O–H groups in total. The fourth-order valence-corrected chi connectivity index (χ4v) is 2.16. The van der Waals surface area contributed by atoms with E-state index >= 15 is 0 Å². The summed E-state index contributed by atoms with van der Waals surface area (Å²) in [7, 11) is 0. The van der Waals surface area contributed by atoms with Crippen molar-refractivity contribution in [2.45, 2.75) is 13.3 Å². The van der Waals surface area contributed by atoms with Gasteiger partial charge in [-0.15, -0.1) is 0 Å². The Bertz CT molecular complexity index is 503. The predicted molar refractivity (Wildman–Crippen MR) is 78.7 cm³/mol. The Balaban J connectivity index is 2.17. The molecule has 0 aliphatic carbocycles. The Kier molecular flexibility index (Phi) is 5.63. The minimum atomic E-state index is -0.994. The lowest BCUT2D eigenvalue weighted by atomic mass is 10.1. The highest BCUT2D eigenvalue weighted by atomic mass is 16.5. The molecule has 1 aliphatic rings. The Morgan fingerprint density at radius 2 is 2.33 bits per heavy atom. The Hall–Kier alpha value is -2.01. The summed E-state index contributed by atoms with van der Waals surface area (Å²) in [5, 5.41) is 8.77. The minimum absolute atomic E-state index is 0.371. The van der Waals surface area contributed by atoms with Gasteiger partial charge in [-0.05, 0) is 25.5 Å². The molecule has 1 heterocycles. The van der Waals surface area contributed by atoms with Gasteiger partial charge in [-0.2, -0.15) is 0 Å². The van der Waals surface area contributed by atoms with Crippen LogP contribution in [-0.2, 0) is 9.53 Å². The minimum Gasteiger partial charge on any atom is -0.490 e. The number of carboxylic acids is 1. The molecule has 1 atom stereocenters. The van der Waals surface area contributed by atoms with E-state index in [4.69, 9.17) is 19.3 Å². The molecule has 0 amide bonds.